The first-order valence-corrected chi connectivity index (χ1v) is 11.7. The number of hydrogen-bond acceptors (Lipinski definition) is 9. The number of fused-ring (bicyclic) bond motifs is 1. The van der Waals surface area contributed by atoms with Crippen molar-refractivity contribution in [2.24, 2.45) is 0 Å². The van der Waals surface area contributed by atoms with Gasteiger partial charge in [-0.25, -0.2) is 0 Å². The standard InChI is InChI=1S/C27H32O9/c1-14(2)4-9-18-21(35-27-25(32)24(31)23(30)22(13-28)36-27)12-19(29)17-10-11-20(34-26(17)18)15-5-7-16(33-3)8-6-15/h4-8,11-12,22-25,27-32H,9-10,13H2,1-3H3/t22-,23-,24+,25-,27-/m1/s1. The summed E-state index contributed by atoms with van der Waals surface area (Å²) in [5, 5.41) is 51.0. The SMILES string of the molecule is COc1ccc(C2=CCc3c(O)cc(O[C@@H]4O[C@H](CO)[C@@H](O)[C@H](O)[C@H]4O)c(CC=C(C)C)c3O2)cc1. The number of benzene rings is 2. The fourth-order valence-corrected chi connectivity index (χ4v) is 4.20. The van der Waals surface area contributed by atoms with E-state index in [-0.39, 0.29) is 11.5 Å². The minimum absolute atomic E-state index is 0.0597. The molecule has 2 aliphatic heterocycles. The van der Waals surface area contributed by atoms with Gasteiger partial charge in [-0.05, 0) is 50.6 Å². The van der Waals surface area contributed by atoms with E-state index >= 15 is 0 Å². The maximum atomic E-state index is 10.8. The molecule has 4 rings (SSSR count). The lowest BCUT2D eigenvalue weighted by Crippen LogP contribution is -2.60. The van der Waals surface area contributed by atoms with Gasteiger partial charge in [-0.15, -0.1) is 0 Å². The predicted octanol–water partition coefficient (Wildman–Crippen LogP) is 2.06. The van der Waals surface area contributed by atoms with Crippen molar-refractivity contribution in [3.8, 4) is 23.0 Å². The number of aromatic hydroxyl groups is 1. The van der Waals surface area contributed by atoms with E-state index in [4.69, 9.17) is 18.9 Å². The van der Waals surface area contributed by atoms with Crippen LogP contribution in [0.1, 0.15) is 30.5 Å². The van der Waals surface area contributed by atoms with Crippen LogP contribution < -0.4 is 14.2 Å². The predicted molar refractivity (Wildman–Crippen MR) is 131 cm³/mol. The number of phenols is 1. The highest BCUT2D eigenvalue weighted by atomic mass is 16.7. The molecule has 9 nitrogen and oxygen atoms in total. The maximum absolute atomic E-state index is 10.8. The van der Waals surface area contributed by atoms with Crippen LogP contribution in [0.15, 0.2) is 48.1 Å². The molecule has 2 aliphatic rings. The summed E-state index contributed by atoms with van der Waals surface area (Å²) < 4.78 is 23.0. The van der Waals surface area contributed by atoms with E-state index in [1.165, 1.54) is 6.07 Å². The molecule has 1 fully saturated rings. The van der Waals surface area contributed by atoms with E-state index in [0.717, 1.165) is 11.1 Å². The quantitative estimate of drug-likeness (QED) is 0.362. The van der Waals surface area contributed by atoms with Crippen LogP contribution in [0.5, 0.6) is 23.0 Å². The summed E-state index contributed by atoms with van der Waals surface area (Å²) in [5.74, 6) is 1.88. The van der Waals surface area contributed by atoms with Crippen molar-refractivity contribution in [2.45, 2.75) is 57.4 Å². The monoisotopic (exact) mass is 500 g/mol. The molecule has 2 aromatic carbocycles. The van der Waals surface area contributed by atoms with E-state index in [0.29, 0.717) is 41.2 Å². The molecule has 194 valence electrons. The van der Waals surface area contributed by atoms with Gasteiger partial charge in [-0.3, -0.25) is 0 Å². The van der Waals surface area contributed by atoms with E-state index in [1.807, 2.05) is 50.3 Å². The summed E-state index contributed by atoms with van der Waals surface area (Å²) in [6.45, 7) is 3.33. The molecule has 0 aliphatic carbocycles. The Labute approximate surface area is 209 Å². The van der Waals surface area contributed by atoms with E-state index in [9.17, 15) is 25.5 Å². The fraction of sp³-hybridized carbons (Fsp3) is 0.407. The average Bonchev–Trinajstić information content (AvgIpc) is 2.88. The van der Waals surface area contributed by atoms with Crippen LogP contribution in [0, 0.1) is 0 Å². The molecule has 1 saturated heterocycles. The zero-order chi connectivity index (χ0) is 26.0. The largest absolute Gasteiger partial charge is 0.507 e. The van der Waals surface area contributed by atoms with Crippen molar-refractivity contribution >= 4 is 5.76 Å². The Kier molecular flexibility index (Phi) is 7.87. The van der Waals surface area contributed by atoms with Crippen molar-refractivity contribution in [1.29, 1.82) is 0 Å². The molecule has 5 N–H and O–H groups in total. The summed E-state index contributed by atoms with van der Waals surface area (Å²) in [5.41, 5.74) is 3.08. The summed E-state index contributed by atoms with van der Waals surface area (Å²) in [7, 11) is 1.59. The summed E-state index contributed by atoms with van der Waals surface area (Å²) >= 11 is 0. The lowest BCUT2D eigenvalue weighted by molar-refractivity contribution is -0.277. The van der Waals surface area contributed by atoms with Gasteiger partial charge in [0, 0.05) is 29.2 Å². The number of hydrogen-bond donors (Lipinski definition) is 5. The number of methoxy groups -OCH3 is 1. The van der Waals surface area contributed by atoms with E-state index < -0.39 is 37.3 Å². The maximum Gasteiger partial charge on any atom is 0.229 e. The van der Waals surface area contributed by atoms with Crippen molar-refractivity contribution in [3.05, 3.63) is 64.7 Å². The van der Waals surface area contributed by atoms with Gasteiger partial charge in [0.15, 0.2) is 0 Å². The number of allylic oxidation sites excluding steroid dienone is 3. The molecule has 0 spiro atoms. The zero-order valence-electron chi connectivity index (χ0n) is 20.4. The van der Waals surface area contributed by atoms with Crippen LogP contribution in [0.2, 0.25) is 0 Å². The third-order valence-electron chi connectivity index (χ3n) is 6.31. The molecule has 9 heteroatoms. The number of rotatable bonds is 7. The first-order chi connectivity index (χ1) is 17.2. The molecule has 0 amide bonds. The van der Waals surface area contributed by atoms with Gasteiger partial charge in [0.25, 0.3) is 0 Å². The summed E-state index contributed by atoms with van der Waals surface area (Å²) in [6.07, 6.45) is -2.54. The Morgan fingerprint density at radius 3 is 2.44 bits per heavy atom. The second kappa shape index (κ2) is 10.9. The fourth-order valence-electron chi connectivity index (χ4n) is 4.20. The Morgan fingerprint density at radius 2 is 1.81 bits per heavy atom. The van der Waals surface area contributed by atoms with E-state index in [2.05, 4.69) is 0 Å². The molecule has 2 aromatic rings. The molecular weight excluding hydrogens is 468 g/mol. The van der Waals surface area contributed by atoms with Crippen LogP contribution in [-0.2, 0) is 17.6 Å². The first kappa shape index (κ1) is 26.0. The second-order valence-electron chi connectivity index (χ2n) is 9.08. The minimum atomic E-state index is -1.59. The van der Waals surface area contributed by atoms with Crippen LogP contribution in [0.4, 0.5) is 0 Å². The molecule has 0 bridgehead atoms. The Morgan fingerprint density at radius 1 is 1.08 bits per heavy atom. The molecule has 0 saturated carbocycles. The van der Waals surface area contributed by atoms with Gasteiger partial charge >= 0.3 is 0 Å². The molecular formula is C27H32O9. The van der Waals surface area contributed by atoms with Crippen LogP contribution >= 0.6 is 0 Å². The minimum Gasteiger partial charge on any atom is -0.507 e. The first-order valence-electron chi connectivity index (χ1n) is 11.7. The molecule has 5 atom stereocenters. The highest BCUT2D eigenvalue weighted by molar-refractivity contribution is 5.70. The highest BCUT2D eigenvalue weighted by Gasteiger charge is 2.45. The molecule has 0 unspecified atom stereocenters. The van der Waals surface area contributed by atoms with Gasteiger partial charge < -0.3 is 44.5 Å². The molecule has 0 aromatic heterocycles. The van der Waals surface area contributed by atoms with Crippen molar-refractivity contribution in [2.75, 3.05) is 13.7 Å². The van der Waals surface area contributed by atoms with Gasteiger partial charge in [0.2, 0.25) is 6.29 Å². The second-order valence-corrected chi connectivity index (χ2v) is 9.08. The zero-order valence-corrected chi connectivity index (χ0v) is 20.4. The number of ether oxygens (including phenoxy) is 4. The number of aliphatic hydroxyl groups excluding tert-OH is 4. The molecule has 36 heavy (non-hydrogen) atoms. The number of phenolic OH excluding ortho intramolecular Hbond substituents is 1. The van der Waals surface area contributed by atoms with Crippen LogP contribution in [-0.4, -0.2) is 70.0 Å². The Bertz CT molecular complexity index is 1130. The topological polar surface area (TPSA) is 138 Å². The highest BCUT2D eigenvalue weighted by Crippen LogP contribution is 2.45. The third-order valence-corrected chi connectivity index (χ3v) is 6.31. The van der Waals surface area contributed by atoms with Gasteiger partial charge in [-0.2, -0.15) is 0 Å². The molecule has 0 radical (unpaired) electrons. The summed E-state index contributed by atoms with van der Waals surface area (Å²) in [6, 6.07) is 8.83. The van der Waals surface area contributed by atoms with Crippen molar-refractivity contribution in [1.82, 2.24) is 0 Å². The summed E-state index contributed by atoms with van der Waals surface area (Å²) in [4.78, 5) is 0. The Balaban J connectivity index is 1.71. The third kappa shape index (κ3) is 5.21. The van der Waals surface area contributed by atoms with Crippen molar-refractivity contribution in [3.63, 3.8) is 0 Å². The van der Waals surface area contributed by atoms with Gasteiger partial charge in [0.1, 0.15) is 53.2 Å². The number of aliphatic hydroxyl groups is 4. The van der Waals surface area contributed by atoms with Crippen molar-refractivity contribution < 1.29 is 44.5 Å². The average molecular weight is 501 g/mol. The smallest absolute Gasteiger partial charge is 0.229 e. The normalized spacial score (nSPS) is 25.3. The lowest BCUT2D eigenvalue weighted by Gasteiger charge is -2.40. The lowest BCUT2D eigenvalue weighted by atomic mass is 9.97. The Hall–Kier alpha value is -3.08. The van der Waals surface area contributed by atoms with Crippen LogP contribution in [0.25, 0.3) is 5.76 Å². The molecule has 2 heterocycles. The van der Waals surface area contributed by atoms with Crippen LogP contribution in [0.3, 0.4) is 0 Å². The van der Waals surface area contributed by atoms with E-state index in [1.54, 1.807) is 7.11 Å². The van der Waals surface area contributed by atoms with Gasteiger partial charge in [0.05, 0.1) is 13.7 Å². The van der Waals surface area contributed by atoms with Gasteiger partial charge in [-0.1, -0.05) is 11.6 Å².